The van der Waals surface area contributed by atoms with Crippen molar-refractivity contribution >= 4 is 29.9 Å². The molecule has 0 aliphatic carbocycles. The van der Waals surface area contributed by atoms with Crippen molar-refractivity contribution in [3.8, 4) is 0 Å². The number of guanidine groups is 1. The van der Waals surface area contributed by atoms with E-state index in [4.69, 9.17) is 0 Å². The summed E-state index contributed by atoms with van der Waals surface area (Å²) in [7, 11) is 1.95. The molecule has 0 bridgehead atoms. The van der Waals surface area contributed by atoms with Gasteiger partial charge in [-0.05, 0) is 18.6 Å². The van der Waals surface area contributed by atoms with Crippen molar-refractivity contribution < 1.29 is 0 Å². The molecule has 1 aromatic heterocycles. The number of aliphatic imine (C=N–C) groups is 1. The molecule has 160 valence electrons. The van der Waals surface area contributed by atoms with Crippen molar-refractivity contribution in [2.75, 3.05) is 45.8 Å². The molecule has 0 atom stereocenters. The highest BCUT2D eigenvalue weighted by atomic mass is 127. The van der Waals surface area contributed by atoms with Gasteiger partial charge in [-0.25, -0.2) is 4.99 Å². The molecular formula is C21H34IN7. The summed E-state index contributed by atoms with van der Waals surface area (Å²) in [5, 5.41) is 11.0. The zero-order chi connectivity index (χ0) is 19.6. The van der Waals surface area contributed by atoms with Crippen LogP contribution in [-0.4, -0.2) is 71.4 Å². The van der Waals surface area contributed by atoms with Crippen molar-refractivity contribution in [1.82, 2.24) is 30.2 Å². The number of aromatic nitrogens is 2. The van der Waals surface area contributed by atoms with E-state index in [1.54, 1.807) is 0 Å². The number of nitrogens with one attached hydrogen (secondary N) is 2. The Labute approximate surface area is 191 Å². The van der Waals surface area contributed by atoms with Crippen LogP contribution in [0.5, 0.6) is 0 Å². The van der Waals surface area contributed by atoms with E-state index < -0.39 is 0 Å². The lowest BCUT2D eigenvalue weighted by Crippen LogP contribution is -2.49. The van der Waals surface area contributed by atoms with Gasteiger partial charge in [0.15, 0.2) is 5.96 Å². The number of piperazine rings is 1. The Balaban J connectivity index is 0.00000300. The molecule has 2 aromatic rings. The van der Waals surface area contributed by atoms with Crippen LogP contribution in [-0.2, 0) is 20.1 Å². The molecule has 0 spiro atoms. The fourth-order valence-electron chi connectivity index (χ4n) is 3.40. The molecule has 1 aromatic carbocycles. The first-order valence-corrected chi connectivity index (χ1v) is 10.2. The first kappa shape index (κ1) is 23.6. The smallest absolute Gasteiger partial charge is 0.191 e. The summed E-state index contributed by atoms with van der Waals surface area (Å²) in [5.41, 5.74) is 2.50. The van der Waals surface area contributed by atoms with Crippen LogP contribution in [0, 0.1) is 0 Å². The van der Waals surface area contributed by atoms with E-state index >= 15 is 0 Å². The Morgan fingerprint density at radius 3 is 2.41 bits per heavy atom. The normalized spacial score (nSPS) is 15.7. The Kier molecular flexibility index (Phi) is 10.4. The number of hydrogen-bond donors (Lipinski definition) is 2. The molecule has 8 heteroatoms. The summed E-state index contributed by atoms with van der Waals surface area (Å²) >= 11 is 0. The maximum atomic E-state index is 4.67. The molecule has 2 N–H and O–H groups in total. The van der Waals surface area contributed by atoms with Crippen LogP contribution in [0.1, 0.15) is 18.2 Å². The molecule has 0 radical (unpaired) electrons. The van der Waals surface area contributed by atoms with Gasteiger partial charge in [-0.15, -0.1) is 24.0 Å². The lowest BCUT2D eigenvalue weighted by atomic mass is 10.2. The zero-order valence-electron chi connectivity index (χ0n) is 17.5. The number of rotatable bonds is 8. The zero-order valence-corrected chi connectivity index (χ0v) is 19.9. The van der Waals surface area contributed by atoms with Gasteiger partial charge in [-0.2, -0.15) is 5.10 Å². The second-order valence-corrected chi connectivity index (χ2v) is 7.17. The first-order chi connectivity index (χ1) is 13.7. The standard InChI is InChI=1S/C21H33N7.HI/c1-3-22-21(24-17-20-9-10-25-26(20)2)23-11-12-27-13-15-28(16-14-27)18-19-7-5-4-6-8-19;/h4-10H,3,11-18H2,1-2H3,(H2,22,23,24);1H. The topological polar surface area (TPSA) is 60.7 Å². The maximum absolute atomic E-state index is 4.67. The number of nitrogens with zero attached hydrogens (tertiary/aromatic N) is 5. The first-order valence-electron chi connectivity index (χ1n) is 10.2. The van der Waals surface area contributed by atoms with Crippen LogP contribution < -0.4 is 10.6 Å². The van der Waals surface area contributed by atoms with E-state index in [0.29, 0.717) is 6.54 Å². The number of aryl methyl sites for hydroxylation is 1. The van der Waals surface area contributed by atoms with Gasteiger partial charge in [-0.1, -0.05) is 30.3 Å². The minimum absolute atomic E-state index is 0. The maximum Gasteiger partial charge on any atom is 0.191 e. The third-order valence-electron chi connectivity index (χ3n) is 5.10. The molecule has 0 unspecified atom stereocenters. The Hall–Kier alpha value is -1.65. The van der Waals surface area contributed by atoms with E-state index in [2.05, 4.69) is 67.8 Å². The minimum atomic E-state index is 0. The third-order valence-corrected chi connectivity index (χ3v) is 5.10. The highest BCUT2D eigenvalue weighted by molar-refractivity contribution is 14.0. The van der Waals surface area contributed by atoms with Gasteiger partial charge in [-0.3, -0.25) is 14.5 Å². The lowest BCUT2D eigenvalue weighted by molar-refractivity contribution is 0.129. The van der Waals surface area contributed by atoms with Crippen molar-refractivity contribution in [1.29, 1.82) is 0 Å². The molecule has 29 heavy (non-hydrogen) atoms. The molecule has 1 aliphatic rings. The Bertz CT molecular complexity index is 724. The van der Waals surface area contributed by atoms with Crippen molar-refractivity contribution in [2.45, 2.75) is 20.0 Å². The van der Waals surface area contributed by atoms with Gasteiger partial charge in [0.2, 0.25) is 0 Å². The van der Waals surface area contributed by atoms with Crippen molar-refractivity contribution in [3.63, 3.8) is 0 Å². The predicted octanol–water partition coefficient (Wildman–Crippen LogP) is 1.91. The minimum Gasteiger partial charge on any atom is -0.357 e. The lowest BCUT2D eigenvalue weighted by Gasteiger charge is -2.34. The van der Waals surface area contributed by atoms with Crippen LogP contribution in [0.3, 0.4) is 0 Å². The SMILES string of the molecule is CCNC(=NCc1ccnn1C)NCCN1CCN(Cc2ccccc2)CC1.I. The van der Waals surface area contributed by atoms with E-state index in [1.165, 1.54) is 5.56 Å². The molecule has 2 heterocycles. The molecule has 1 fully saturated rings. The fourth-order valence-corrected chi connectivity index (χ4v) is 3.40. The summed E-state index contributed by atoms with van der Waals surface area (Å²) in [5.74, 6) is 0.867. The Morgan fingerprint density at radius 1 is 1.03 bits per heavy atom. The van der Waals surface area contributed by atoms with E-state index in [-0.39, 0.29) is 24.0 Å². The van der Waals surface area contributed by atoms with E-state index in [1.807, 2.05) is 24.0 Å². The number of benzene rings is 1. The van der Waals surface area contributed by atoms with Gasteiger partial charge in [0.1, 0.15) is 0 Å². The number of halogens is 1. The van der Waals surface area contributed by atoms with Gasteiger partial charge in [0, 0.05) is 65.6 Å². The van der Waals surface area contributed by atoms with Gasteiger partial charge < -0.3 is 10.6 Å². The van der Waals surface area contributed by atoms with Crippen molar-refractivity contribution in [3.05, 3.63) is 53.9 Å². The fraction of sp³-hybridized carbons (Fsp3) is 0.524. The van der Waals surface area contributed by atoms with Gasteiger partial charge >= 0.3 is 0 Å². The third kappa shape index (κ3) is 7.94. The second kappa shape index (κ2) is 12.8. The van der Waals surface area contributed by atoms with E-state index in [0.717, 1.165) is 64.0 Å². The highest BCUT2D eigenvalue weighted by Crippen LogP contribution is 2.08. The van der Waals surface area contributed by atoms with Gasteiger partial charge in [0.05, 0.1) is 12.2 Å². The van der Waals surface area contributed by atoms with Crippen LogP contribution in [0.15, 0.2) is 47.6 Å². The summed E-state index contributed by atoms with van der Waals surface area (Å²) in [4.78, 5) is 9.73. The second-order valence-electron chi connectivity index (χ2n) is 7.17. The molecule has 0 saturated carbocycles. The average Bonchev–Trinajstić information content (AvgIpc) is 3.13. The summed E-state index contributed by atoms with van der Waals surface area (Å²) in [6.45, 7) is 11.1. The molecule has 3 rings (SSSR count). The summed E-state index contributed by atoms with van der Waals surface area (Å²) in [6, 6.07) is 12.7. The molecule has 1 aliphatic heterocycles. The van der Waals surface area contributed by atoms with Crippen molar-refractivity contribution in [2.24, 2.45) is 12.0 Å². The van der Waals surface area contributed by atoms with Crippen LogP contribution in [0.4, 0.5) is 0 Å². The highest BCUT2D eigenvalue weighted by Gasteiger charge is 2.16. The van der Waals surface area contributed by atoms with Crippen LogP contribution in [0.2, 0.25) is 0 Å². The van der Waals surface area contributed by atoms with Gasteiger partial charge in [0.25, 0.3) is 0 Å². The summed E-state index contributed by atoms with van der Waals surface area (Å²) in [6.07, 6.45) is 1.81. The predicted molar refractivity (Wildman–Crippen MR) is 130 cm³/mol. The molecule has 1 saturated heterocycles. The Morgan fingerprint density at radius 2 is 1.76 bits per heavy atom. The van der Waals surface area contributed by atoms with E-state index in [9.17, 15) is 0 Å². The molecule has 0 amide bonds. The summed E-state index contributed by atoms with van der Waals surface area (Å²) < 4.78 is 1.86. The van der Waals surface area contributed by atoms with Crippen LogP contribution >= 0.6 is 24.0 Å². The molecular weight excluding hydrogens is 477 g/mol. The van der Waals surface area contributed by atoms with Crippen LogP contribution in [0.25, 0.3) is 0 Å². The monoisotopic (exact) mass is 511 g/mol. The average molecular weight is 511 g/mol. The number of hydrogen-bond acceptors (Lipinski definition) is 4. The largest absolute Gasteiger partial charge is 0.357 e. The molecule has 7 nitrogen and oxygen atoms in total. The quantitative estimate of drug-likeness (QED) is 0.322.